The van der Waals surface area contributed by atoms with Gasteiger partial charge in [0.2, 0.25) is 17.8 Å². The molecule has 1 aromatic carbocycles. The van der Waals surface area contributed by atoms with E-state index in [2.05, 4.69) is 20.4 Å². The molecule has 2 saturated heterocycles. The Bertz CT molecular complexity index is 1100. The molecule has 15 nitrogen and oxygen atoms in total. The normalized spacial score (nSPS) is 21.3. The largest absolute Gasteiger partial charge is 0.507 e. The van der Waals surface area contributed by atoms with Gasteiger partial charge in [0.25, 0.3) is 5.91 Å². The number of anilines is 3. The highest BCUT2D eigenvalue weighted by Crippen LogP contribution is 2.27. The van der Waals surface area contributed by atoms with E-state index in [1.54, 1.807) is 6.07 Å². The van der Waals surface area contributed by atoms with Crippen LogP contribution in [0.3, 0.4) is 0 Å². The number of piperidine rings is 2. The van der Waals surface area contributed by atoms with E-state index < -0.39 is 18.1 Å². The minimum absolute atomic E-state index is 0. The summed E-state index contributed by atoms with van der Waals surface area (Å²) in [6.45, 7) is 3.82. The number of phenolic OH excluding ortho intramolecular Hbond substituents is 1. The summed E-state index contributed by atoms with van der Waals surface area (Å²) in [4.78, 5) is 31.7. The number of methoxy groups -OCH3 is 1. The molecule has 3 atom stereocenters. The average Bonchev–Trinajstić information content (AvgIpc) is 2.95. The molecule has 1 aliphatic carbocycles. The fraction of sp³-hybridized carbons (Fsp3) is 0.630. The topological polar surface area (TPSA) is 276 Å². The van der Waals surface area contributed by atoms with Gasteiger partial charge in [-0.2, -0.15) is 15.0 Å². The second-order valence-electron chi connectivity index (χ2n) is 10.5. The average molecular weight is 638 g/mol. The molecule has 16 heteroatoms. The van der Waals surface area contributed by atoms with Crippen LogP contribution in [0.15, 0.2) is 18.2 Å². The van der Waals surface area contributed by atoms with Gasteiger partial charge < -0.3 is 60.0 Å². The number of hydrogen-bond acceptors (Lipinski definition) is 14. The molecule has 254 valence electrons. The summed E-state index contributed by atoms with van der Waals surface area (Å²) >= 11 is 0. The van der Waals surface area contributed by atoms with E-state index in [0.29, 0.717) is 24.5 Å². The first-order valence-corrected chi connectivity index (χ1v) is 13.9. The smallest absolute Gasteiger partial charge is 0.255 e. The Morgan fingerprint density at radius 2 is 1.47 bits per heavy atom. The number of halogens is 1. The molecular weight excluding hydrogens is 578 g/mol. The van der Waals surface area contributed by atoms with Crippen LogP contribution >= 0.6 is 12.4 Å². The number of nitrogens with zero attached hydrogens (tertiary/aromatic N) is 5. The van der Waals surface area contributed by atoms with E-state index in [9.17, 15) is 15.0 Å². The summed E-state index contributed by atoms with van der Waals surface area (Å²) in [5.41, 5.74) is 0.152. The fourth-order valence-corrected chi connectivity index (χ4v) is 5.59. The van der Waals surface area contributed by atoms with E-state index in [1.165, 1.54) is 32.1 Å². The van der Waals surface area contributed by atoms with Gasteiger partial charge in [-0.25, -0.2) is 0 Å². The standard InChI is InChI=1S/C27H39N7O4.ClH.4H3N.4H2/c1-38-19-9-10-20(22(35)17-19)24(37)29-21-11-8-18(16-23(21)36)28-25-30-26(33-12-4-2-5-13-33)32-27(31-25)34-14-6-3-7-15-34;;;;;;;;;/h9-10,17-18,21,23,35-36H,2-8,11-16H2,1H3,(H,29,37)(H,28,30,31,32);1H;4*1H3;4*1H. The number of aliphatic hydroxyl groups is 1. The quantitative estimate of drug-likeness (QED) is 0.203. The molecule has 2 aromatic rings. The van der Waals surface area contributed by atoms with Gasteiger partial charge in [-0.3, -0.25) is 4.79 Å². The predicted molar refractivity (Wildman–Crippen MR) is 181 cm³/mol. The summed E-state index contributed by atoms with van der Waals surface area (Å²) in [6, 6.07) is 4.10. The van der Waals surface area contributed by atoms with Crippen LogP contribution < -0.4 is 49.8 Å². The number of aliphatic hydroxyl groups excluding tert-OH is 1. The highest BCUT2D eigenvalue weighted by Gasteiger charge is 2.32. The number of amides is 1. The molecule has 1 amide bonds. The second-order valence-corrected chi connectivity index (χ2v) is 10.5. The van der Waals surface area contributed by atoms with E-state index in [4.69, 9.17) is 19.7 Å². The van der Waals surface area contributed by atoms with Crippen molar-refractivity contribution in [1.29, 1.82) is 0 Å². The van der Waals surface area contributed by atoms with Crippen LogP contribution in [0.1, 0.15) is 73.9 Å². The molecule has 3 heterocycles. The molecule has 0 bridgehead atoms. The van der Waals surface area contributed by atoms with E-state index >= 15 is 0 Å². The maximum absolute atomic E-state index is 12.8. The zero-order chi connectivity index (χ0) is 26.5. The number of aromatic hydroxyl groups is 1. The Labute approximate surface area is 266 Å². The van der Waals surface area contributed by atoms with Gasteiger partial charge in [-0.1, -0.05) is 0 Å². The van der Waals surface area contributed by atoms with Crippen molar-refractivity contribution in [2.24, 2.45) is 0 Å². The monoisotopic (exact) mass is 637 g/mol. The molecule has 2 aliphatic heterocycles. The van der Waals surface area contributed by atoms with Crippen LogP contribution in [0.2, 0.25) is 0 Å². The van der Waals surface area contributed by atoms with Crippen LogP contribution in [0.4, 0.5) is 17.8 Å². The van der Waals surface area contributed by atoms with Crippen LogP contribution in [0, 0.1) is 0 Å². The lowest BCUT2D eigenvalue weighted by molar-refractivity contribution is 0.0689. The van der Waals surface area contributed by atoms with Gasteiger partial charge in [-0.15, -0.1) is 12.4 Å². The molecule has 3 aliphatic rings. The lowest BCUT2D eigenvalue weighted by Gasteiger charge is -2.34. The van der Waals surface area contributed by atoms with Crippen LogP contribution in [-0.2, 0) is 0 Å². The molecule has 16 N–H and O–H groups in total. The van der Waals surface area contributed by atoms with Crippen molar-refractivity contribution < 1.29 is 25.5 Å². The molecular formula is C27H60ClN11O4. The number of aromatic nitrogens is 3. The maximum Gasteiger partial charge on any atom is 0.255 e. The summed E-state index contributed by atoms with van der Waals surface area (Å²) < 4.78 is 5.08. The number of phenols is 1. The van der Waals surface area contributed by atoms with Crippen LogP contribution in [0.25, 0.3) is 0 Å². The molecule has 43 heavy (non-hydrogen) atoms. The zero-order valence-corrected chi connectivity index (χ0v) is 26.2. The Morgan fingerprint density at radius 1 is 0.907 bits per heavy atom. The van der Waals surface area contributed by atoms with Crippen molar-refractivity contribution in [3.63, 3.8) is 0 Å². The summed E-state index contributed by atoms with van der Waals surface area (Å²) in [5, 5.41) is 27.4. The van der Waals surface area contributed by atoms with Crippen molar-refractivity contribution in [2.45, 2.75) is 76.0 Å². The lowest BCUT2D eigenvalue weighted by atomic mass is 9.88. The van der Waals surface area contributed by atoms with Crippen molar-refractivity contribution in [3.05, 3.63) is 23.8 Å². The molecule has 0 spiro atoms. The van der Waals surface area contributed by atoms with E-state index in [1.807, 2.05) is 0 Å². The fourth-order valence-electron chi connectivity index (χ4n) is 5.59. The minimum Gasteiger partial charge on any atom is -0.507 e. The second kappa shape index (κ2) is 18.5. The first kappa shape index (κ1) is 39.8. The third-order valence-electron chi connectivity index (χ3n) is 7.81. The predicted octanol–water partition coefficient (Wildman–Crippen LogP) is 4.74. The van der Waals surface area contributed by atoms with Gasteiger partial charge in [0.15, 0.2) is 0 Å². The number of nitrogens with one attached hydrogen (secondary N) is 2. The number of carbonyl (C=O) groups is 1. The molecule has 3 fully saturated rings. The Balaban J connectivity index is -0.000000653. The van der Waals surface area contributed by atoms with Crippen LogP contribution in [0.5, 0.6) is 11.5 Å². The Morgan fingerprint density at radius 3 is 1.95 bits per heavy atom. The number of ether oxygens (including phenoxy) is 1. The SMILES string of the molecule is COc1ccc(C(=O)NC2CCC(Nc3nc(N4CCCCC4)nc(N4CCCCC4)n3)CC2O)c(O)c1.Cl.N.N.N.N.[HH].[HH].[HH].[HH]. The van der Waals surface area contributed by atoms with Crippen molar-refractivity contribution in [1.82, 2.24) is 44.9 Å². The minimum atomic E-state index is -0.740. The highest BCUT2D eigenvalue weighted by molar-refractivity contribution is 5.97. The van der Waals surface area contributed by atoms with Gasteiger partial charge in [0, 0.05) is 44.0 Å². The third-order valence-corrected chi connectivity index (χ3v) is 7.81. The number of carbonyl (C=O) groups excluding carboxylic acids is 1. The Kier molecular flexibility index (Phi) is 17.1. The number of benzene rings is 1. The van der Waals surface area contributed by atoms with Crippen LogP contribution in [-0.4, -0.2) is 82.5 Å². The summed E-state index contributed by atoms with van der Waals surface area (Å²) in [5.74, 6) is 1.89. The van der Waals surface area contributed by atoms with Gasteiger partial charge in [0.1, 0.15) is 11.5 Å². The molecule has 3 unspecified atom stereocenters. The third kappa shape index (κ3) is 9.91. The molecule has 5 rings (SSSR count). The first-order valence-electron chi connectivity index (χ1n) is 13.9. The molecule has 1 aromatic heterocycles. The van der Waals surface area contributed by atoms with Crippen molar-refractivity contribution >= 4 is 36.2 Å². The number of rotatable bonds is 7. The lowest BCUT2D eigenvalue weighted by Crippen LogP contribution is -2.49. The molecule has 0 radical (unpaired) electrons. The van der Waals surface area contributed by atoms with Gasteiger partial charge in [-0.05, 0) is 69.9 Å². The highest BCUT2D eigenvalue weighted by atomic mass is 35.5. The zero-order valence-electron chi connectivity index (χ0n) is 25.3. The molecule has 1 saturated carbocycles. The van der Waals surface area contributed by atoms with E-state index in [-0.39, 0.29) is 60.1 Å². The summed E-state index contributed by atoms with van der Waals surface area (Å²) in [7, 11) is 1.50. The summed E-state index contributed by atoms with van der Waals surface area (Å²) in [6.07, 6.45) is 8.08. The van der Waals surface area contributed by atoms with Crippen molar-refractivity contribution in [2.75, 3.05) is 48.4 Å². The Hall–Kier alpha value is -3.21. The van der Waals surface area contributed by atoms with Gasteiger partial charge in [0.05, 0.1) is 24.8 Å². The van der Waals surface area contributed by atoms with Crippen molar-refractivity contribution in [3.8, 4) is 11.5 Å². The number of hydrogen-bond donors (Lipinski definition) is 8. The van der Waals surface area contributed by atoms with E-state index in [0.717, 1.165) is 70.2 Å². The van der Waals surface area contributed by atoms with Gasteiger partial charge >= 0.3 is 0 Å². The first-order chi connectivity index (χ1) is 18.5. The maximum atomic E-state index is 12.8.